The number of hydrogen-bond acceptors (Lipinski definition) is 3. The van der Waals surface area contributed by atoms with Gasteiger partial charge in [0, 0.05) is 0 Å². The first-order valence-electron chi connectivity index (χ1n) is 5.97. The summed E-state index contributed by atoms with van der Waals surface area (Å²) in [7, 11) is 0. The average molecular weight is 330 g/mol. The topological polar surface area (TPSA) is 61.7 Å². The van der Waals surface area contributed by atoms with Gasteiger partial charge in [0.1, 0.15) is 5.75 Å². The average Bonchev–Trinajstić information content (AvgIpc) is 2.54. The second-order valence-electron chi connectivity index (χ2n) is 4.20. The molecule has 0 aliphatic heterocycles. The lowest BCUT2D eigenvalue weighted by molar-refractivity contribution is 0.0952. The summed E-state index contributed by atoms with van der Waals surface area (Å²) in [6.45, 7) is 0. The van der Waals surface area contributed by atoms with Gasteiger partial charge < -0.3 is 5.11 Å². The van der Waals surface area contributed by atoms with Gasteiger partial charge in [-0.3, -0.25) is 4.79 Å². The van der Waals surface area contributed by atoms with E-state index < -0.39 is 40.6 Å². The molecule has 0 spiro atoms. The van der Waals surface area contributed by atoms with Crippen molar-refractivity contribution in [1.82, 2.24) is 5.43 Å². The minimum absolute atomic E-state index is 0.193. The fourth-order valence-corrected chi connectivity index (χ4v) is 1.62. The van der Waals surface area contributed by atoms with Gasteiger partial charge in [0.2, 0.25) is 5.82 Å². The van der Waals surface area contributed by atoms with E-state index in [4.69, 9.17) is 0 Å². The molecule has 120 valence electrons. The van der Waals surface area contributed by atoms with E-state index in [9.17, 15) is 31.9 Å². The minimum atomic E-state index is -2.30. The summed E-state index contributed by atoms with van der Waals surface area (Å²) in [4.78, 5) is 11.6. The number of halogens is 5. The van der Waals surface area contributed by atoms with Gasteiger partial charge in [-0.2, -0.15) is 5.10 Å². The number of aromatic hydroxyl groups is 1. The molecule has 0 fully saturated rings. The molecule has 23 heavy (non-hydrogen) atoms. The highest BCUT2D eigenvalue weighted by atomic mass is 19.2. The summed E-state index contributed by atoms with van der Waals surface area (Å²) < 4.78 is 65.5. The van der Waals surface area contributed by atoms with Crippen LogP contribution in [-0.2, 0) is 0 Å². The molecule has 0 heterocycles. The summed E-state index contributed by atoms with van der Waals surface area (Å²) in [6.07, 6.45) is 0.272. The first-order valence-corrected chi connectivity index (χ1v) is 5.97. The van der Waals surface area contributed by atoms with Crippen LogP contribution in [0.15, 0.2) is 29.4 Å². The van der Waals surface area contributed by atoms with Crippen LogP contribution in [0.1, 0.15) is 15.9 Å². The Hall–Kier alpha value is -2.97. The van der Waals surface area contributed by atoms with Crippen molar-refractivity contribution in [1.29, 1.82) is 0 Å². The summed E-state index contributed by atoms with van der Waals surface area (Å²) in [6, 6.07) is 5.33. The molecule has 0 saturated heterocycles. The molecule has 0 saturated carbocycles. The van der Waals surface area contributed by atoms with E-state index in [-0.39, 0.29) is 17.5 Å². The zero-order valence-electron chi connectivity index (χ0n) is 11.1. The quantitative estimate of drug-likeness (QED) is 0.299. The van der Waals surface area contributed by atoms with Crippen molar-refractivity contribution >= 4 is 12.1 Å². The zero-order valence-corrected chi connectivity index (χ0v) is 11.1. The number of benzene rings is 2. The van der Waals surface area contributed by atoms with E-state index >= 15 is 0 Å². The number of nitrogens with one attached hydrogen (secondary N) is 1. The summed E-state index contributed by atoms with van der Waals surface area (Å²) >= 11 is 0. The Morgan fingerprint density at radius 1 is 0.957 bits per heavy atom. The second-order valence-corrected chi connectivity index (χ2v) is 4.20. The van der Waals surface area contributed by atoms with Gasteiger partial charge in [0.25, 0.3) is 5.91 Å². The number of carbonyl (C=O) groups excluding carboxylic acids is 1. The normalized spacial score (nSPS) is 11.0. The number of hydrazone groups is 1. The monoisotopic (exact) mass is 330 g/mol. The third-order valence-electron chi connectivity index (χ3n) is 2.75. The Morgan fingerprint density at radius 3 is 2.04 bits per heavy atom. The minimum Gasteiger partial charge on any atom is -0.507 e. The predicted octanol–water partition coefficient (Wildman–Crippen LogP) is 2.85. The van der Waals surface area contributed by atoms with Gasteiger partial charge in [-0.25, -0.2) is 27.4 Å². The van der Waals surface area contributed by atoms with E-state index in [1.54, 1.807) is 5.43 Å². The fourth-order valence-electron chi connectivity index (χ4n) is 1.62. The number of nitrogens with zero attached hydrogens (tertiary/aromatic N) is 1. The third-order valence-corrected chi connectivity index (χ3v) is 2.75. The smallest absolute Gasteiger partial charge is 0.275 e. The molecular weight excluding hydrogens is 323 g/mol. The predicted molar refractivity (Wildman–Crippen MR) is 69.4 cm³/mol. The number of carbonyl (C=O) groups is 1. The van der Waals surface area contributed by atoms with E-state index in [2.05, 4.69) is 5.10 Å². The number of phenolic OH excluding ortho intramolecular Hbond substituents is 1. The van der Waals surface area contributed by atoms with Crippen LogP contribution in [0.4, 0.5) is 22.0 Å². The molecule has 4 nitrogen and oxygen atoms in total. The standard InChI is InChI=1S/C14H7F5N2O2/c15-9-7(10(16)12(18)13(19)11(9)17)5-20-21-14(23)6-3-1-2-4-8(6)22/h1-5,22H,(H,21,23). The molecule has 0 unspecified atom stereocenters. The molecule has 2 aromatic rings. The molecule has 1 amide bonds. The lowest BCUT2D eigenvalue weighted by Crippen LogP contribution is -2.18. The Balaban J connectivity index is 2.25. The number of hydrogen-bond donors (Lipinski definition) is 2. The third kappa shape index (κ3) is 3.12. The van der Waals surface area contributed by atoms with Crippen molar-refractivity contribution < 1.29 is 31.9 Å². The van der Waals surface area contributed by atoms with Gasteiger partial charge in [0.15, 0.2) is 23.3 Å². The SMILES string of the molecule is O=C(NN=Cc1c(F)c(F)c(F)c(F)c1F)c1ccccc1O. The van der Waals surface area contributed by atoms with Gasteiger partial charge in [-0.05, 0) is 12.1 Å². The van der Waals surface area contributed by atoms with Crippen LogP contribution in [-0.4, -0.2) is 17.2 Å². The highest BCUT2D eigenvalue weighted by Gasteiger charge is 2.24. The summed E-state index contributed by atoms with van der Waals surface area (Å²) in [5.41, 5.74) is 0.296. The molecule has 0 aliphatic rings. The number of rotatable bonds is 3. The first-order chi connectivity index (χ1) is 10.8. The van der Waals surface area contributed by atoms with Crippen LogP contribution >= 0.6 is 0 Å². The van der Waals surface area contributed by atoms with E-state index in [1.165, 1.54) is 24.3 Å². The Bertz CT molecular complexity index is 779. The molecule has 2 N–H and O–H groups in total. The van der Waals surface area contributed by atoms with Gasteiger partial charge >= 0.3 is 0 Å². The highest BCUT2D eigenvalue weighted by Crippen LogP contribution is 2.21. The lowest BCUT2D eigenvalue weighted by Gasteiger charge is -2.04. The van der Waals surface area contributed by atoms with Crippen molar-refractivity contribution in [2.75, 3.05) is 0 Å². The summed E-state index contributed by atoms with van der Waals surface area (Å²) in [5.74, 6) is -12.0. The van der Waals surface area contributed by atoms with Crippen molar-refractivity contribution in [3.8, 4) is 5.75 Å². The maximum absolute atomic E-state index is 13.3. The zero-order chi connectivity index (χ0) is 17.1. The Morgan fingerprint density at radius 2 is 1.48 bits per heavy atom. The molecule has 9 heteroatoms. The Labute approximate surface area is 125 Å². The maximum Gasteiger partial charge on any atom is 0.275 e. The van der Waals surface area contributed by atoms with Gasteiger partial charge in [0.05, 0.1) is 17.3 Å². The van der Waals surface area contributed by atoms with E-state index in [1.807, 2.05) is 0 Å². The molecule has 0 atom stereocenters. The number of amides is 1. The maximum atomic E-state index is 13.3. The molecule has 0 aromatic heterocycles. The highest BCUT2D eigenvalue weighted by molar-refractivity contribution is 5.97. The molecular formula is C14H7F5N2O2. The van der Waals surface area contributed by atoms with Crippen molar-refractivity contribution in [3.63, 3.8) is 0 Å². The van der Waals surface area contributed by atoms with Crippen LogP contribution in [0.2, 0.25) is 0 Å². The van der Waals surface area contributed by atoms with Crippen molar-refractivity contribution in [3.05, 3.63) is 64.5 Å². The second kappa shape index (κ2) is 6.42. The first kappa shape index (κ1) is 16.4. The molecule has 2 aromatic carbocycles. The van der Waals surface area contributed by atoms with Crippen molar-refractivity contribution in [2.24, 2.45) is 5.10 Å². The molecule has 2 rings (SSSR count). The van der Waals surface area contributed by atoms with E-state index in [0.717, 1.165) is 0 Å². The van der Waals surface area contributed by atoms with Crippen LogP contribution in [0, 0.1) is 29.1 Å². The lowest BCUT2D eigenvalue weighted by atomic mass is 10.2. The van der Waals surface area contributed by atoms with Gasteiger partial charge in [-0.15, -0.1) is 0 Å². The van der Waals surface area contributed by atoms with Crippen molar-refractivity contribution in [2.45, 2.75) is 0 Å². The molecule has 0 radical (unpaired) electrons. The largest absolute Gasteiger partial charge is 0.507 e. The van der Waals surface area contributed by atoms with Crippen LogP contribution < -0.4 is 5.43 Å². The summed E-state index contributed by atoms with van der Waals surface area (Å²) in [5, 5.41) is 12.5. The number of phenols is 1. The van der Waals surface area contributed by atoms with Crippen LogP contribution in [0.25, 0.3) is 0 Å². The van der Waals surface area contributed by atoms with E-state index in [0.29, 0.717) is 0 Å². The van der Waals surface area contributed by atoms with Crippen LogP contribution in [0.3, 0.4) is 0 Å². The molecule has 0 aliphatic carbocycles. The Kier molecular flexibility index (Phi) is 4.58. The van der Waals surface area contributed by atoms with Crippen LogP contribution in [0.5, 0.6) is 5.75 Å². The fraction of sp³-hybridized carbons (Fsp3) is 0. The molecule has 0 bridgehead atoms. The number of para-hydroxylation sites is 1. The van der Waals surface area contributed by atoms with Gasteiger partial charge in [-0.1, -0.05) is 12.1 Å².